The van der Waals surface area contributed by atoms with E-state index in [2.05, 4.69) is 25.6 Å². The zero-order valence-electron chi connectivity index (χ0n) is 18.8. The Kier molecular flexibility index (Phi) is 6.30. The van der Waals surface area contributed by atoms with Crippen molar-refractivity contribution in [3.8, 4) is 22.0 Å². The fourth-order valence-electron chi connectivity index (χ4n) is 3.70. The van der Waals surface area contributed by atoms with Crippen LogP contribution in [0.3, 0.4) is 0 Å². The first-order valence-corrected chi connectivity index (χ1v) is 12.3. The number of anilines is 1. The predicted octanol–water partition coefficient (Wildman–Crippen LogP) is 5.49. The number of hydrogen-bond donors (Lipinski definition) is 2. The van der Waals surface area contributed by atoms with Crippen molar-refractivity contribution in [1.82, 2.24) is 25.3 Å². The van der Waals surface area contributed by atoms with Crippen LogP contribution in [0.1, 0.15) is 42.7 Å². The summed E-state index contributed by atoms with van der Waals surface area (Å²) >= 11 is 7.76. The molecule has 34 heavy (non-hydrogen) atoms. The minimum atomic E-state index is -0.318. The van der Waals surface area contributed by atoms with Crippen molar-refractivity contribution in [2.75, 3.05) is 11.9 Å². The molecular formula is C24H23ClN6O2S. The summed E-state index contributed by atoms with van der Waals surface area (Å²) in [4.78, 5) is 31.6. The number of halogens is 1. The molecule has 2 N–H and O–H groups in total. The van der Waals surface area contributed by atoms with E-state index >= 15 is 0 Å². The lowest BCUT2D eigenvalue weighted by Crippen LogP contribution is -2.30. The molecule has 8 nitrogen and oxygen atoms in total. The summed E-state index contributed by atoms with van der Waals surface area (Å²) in [5, 5.41) is 6.81. The van der Waals surface area contributed by atoms with Crippen LogP contribution in [0, 0.1) is 0 Å². The van der Waals surface area contributed by atoms with Crippen LogP contribution in [-0.4, -0.2) is 32.5 Å². The van der Waals surface area contributed by atoms with Gasteiger partial charge in [-0.1, -0.05) is 48.9 Å². The number of aryl methyl sites for hydroxylation is 2. The van der Waals surface area contributed by atoms with Gasteiger partial charge in [-0.05, 0) is 30.5 Å². The monoisotopic (exact) mass is 494 g/mol. The summed E-state index contributed by atoms with van der Waals surface area (Å²) < 4.78 is 5.67. The Hall–Kier alpha value is -3.30. The fourth-order valence-corrected chi connectivity index (χ4v) is 4.95. The van der Waals surface area contributed by atoms with E-state index in [1.807, 2.05) is 44.3 Å². The summed E-state index contributed by atoms with van der Waals surface area (Å²) in [5.41, 5.74) is 3.63. The van der Waals surface area contributed by atoms with E-state index in [4.69, 9.17) is 21.0 Å². The highest BCUT2D eigenvalue weighted by Gasteiger charge is 2.24. The number of carbonyl (C=O) groups is 1. The zero-order chi connectivity index (χ0) is 23.7. The number of carbonyl (C=O) groups excluding carboxylic acids is 1. The van der Waals surface area contributed by atoms with Gasteiger partial charge in [0.15, 0.2) is 16.8 Å². The second kappa shape index (κ2) is 9.52. The van der Waals surface area contributed by atoms with Crippen molar-refractivity contribution in [2.45, 2.75) is 39.0 Å². The van der Waals surface area contributed by atoms with Crippen LogP contribution in [0.5, 0.6) is 0 Å². The first kappa shape index (κ1) is 22.5. The van der Waals surface area contributed by atoms with Gasteiger partial charge >= 0.3 is 6.03 Å². The van der Waals surface area contributed by atoms with Crippen LogP contribution >= 0.6 is 22.9 Å². The topological polar surface area (TPSA) is 106 Å². The van der Waals surface area contributed by atoms with E-state index in [9.17, 15) is 4.79 Å². The van der Waals surface area contributed by atoms with Crippen LogP contribution in [0.4, 0.5) is 9.93 Å². The molecule has 0 saturated heterocycles. The van der Waals surface area contributed by atoms with Crippen molar-refractivity contribution in [3.05, 3.63) is 64.6 Å². The maximum Gasteiger partial charge on any atom is 0.321 e. The first-order valence-electron chi connectivity index (χ1n) is 11.1. The van der Waals surface area contributed by atoms with Gasteiger partial charge in [0.2, 0.25) is 0 Å². The average Bonchev–Trinajstić information content (AvgIpc) is 3.46. The van der Waals surface area contributed by atoms with E-state index in [0.717, 1.165) is 46.0 Å². The highest BCUT2D eigenvalue weighted by Crippen LogP contribution is 2.39. The molecule has 10 heteroatoms. The number of nitrogens with one attached hydrogen (secondary N) is 2. The number of rotatable bonds is 6. The van der Waals surface area contributed by atoms with E-state index in [-0.39, 0.29) is 11.9 Å². The lowest BCUT2D eigenvalue weighted by Gasteiger charge is -2.14. The van der Waals surface area contributed by atoms with Crippen LogP contribution in [0.25, 0.3) is 22.0 Å². The smallest absolute Gasteiger partial charge is 0.321 e. The van der Waals surface area contributed by atoms with Crippen molar-refractivity contribution < 1.29 is 9.21 Å². The molecule has 0 radical (unpaired) electrons. The van der Waals surface area contributed by atoms with Crippen molar-refractivity contribution in [3.63, 3.8) is 0 Å². The van der Waals surface area contributed by atoms with Crippen molar-refractivity contribution in [1.29, 1.82) is 0 Å². The van der Waals surface area contributed by atoms with Gasteiger partial charge < -0.3 is 9.73 Å². The van der Waals surface area contributed by atoms with Crippen LogP contribution in [-0.2, 0) is 19.3 Å². The number of oxazole rings is 1. The van der Waals surface area contributed by atoms with E-state index in [1.54, 1.807) is 6.20 Å². The number of fused-ring (bicyclic) bond motifs is 3. The largest absolute Gasteiger partial charge is 0.445 e. The Morgan fingerprint density at radius 2 is 2.03 bits per heavy atom. The summed E-state index contributed by atoms with van der Waals surface area (Å²) in [6, 6.07) is 7.20. The molecule has 5 rings (SSSR count). The van der Waals surface area contributed by atoms with E-state index < -0.39 is 0 Å². The van der Waals surface area contributed by atoms with Gasteiger partial charge in [-0.2, -0.15) is 0 Å². The minimum Gasteiger partial charge on any atom is -0.445 e. The molecule has 4 aromatic rings. The Bertz CT molecular complexity index is 1350. The molecule has 0 unspecified atom stereocenters. The molecule has 0 spiro atoms. The first-order chi connectivity index (χ1) is 16.5. The third kappa shape index (κ3) is 4.67. The Morgan fingerprint density at radius 3 is 2.82 bits per heavy atom. The highest BCUT2D eigenvalue weighted by atomic mass is 35.5. The molecular weight excluding hydrogens is 472 g/mol. The molecule has 174 valence electrons. The maximum absolute atomic E-state index is 12.4. The molecule has 3 aromatic heterocycles. The Morgan fingerprint density at radius 1 is 1.18 bits per heavy atom. The molecule has 1 aliphatic rings. The molecule has 3 heterocycles. The zero-order valence-corrected chi connectivity index (χ0v) is 20.3. The quantitative estimate of drug-likeness (QED) is 0.367. The molecule has 0 atom stereocenters. The fraction of sp³-hybridized carbons (Fsp3) is 0.292. The van der Waals surface area contributed by atoms with Crippen LogP contribution in [0.2, 0.25) is 5.02 Å². The third-order valence-electron chi connectivity index (χ3n) is 5.51. The number of urea groups is 1. The van der Waals surface area contributed by atoms with Crippen LogP contribution < -0.4 is 10.6 Å². The summed E-state index contributed by atoms with van der Waals surface area (Å²) in [7, 11) is 0. The maximum atomic E-state index is 12.4. The molecule has 1 aromatic carbocycles. The second-order valence-corrected chi connectivity index (χ2v) is 9.69. The molecule has 1 aliphatic carbocycles. The number of nitrogens with zero attached hydrogens (tertiary/aromatic N) is 4. The number of hydrogen-bond acceptors (Lipinski definition) is 7. The average molecular weight is 495 g/mol. The lowest BCUT2D eigenvalue weighted by atomic mass is 9.99. The molecule has 0 saturated carbocycles. The minimum absolute atomic E-state index is 0.282. The van der Waals surface area contributed by atoms with Gasteiger partial charge in [-0.3, -0.25) is 5.32 Å². The number of aromatic nitrogens is 4. The van der Waals surface area contributed by atoms with Crippen LogP contribution in [0.15, 0.2) is 41.1 Å². The molecule has 0 bridgehead atoms. The van der Waals surface area contributed by atoms with Crippen molar-refractivity contribution in [2.24, 2.45) is 0 Å². The van der Waals surface area contributed by atoms with E-state index in [1.165, 1.54) is 11.3 Å². The molecule has 0 fully saturated rings. The summed E-state index contributed by atoms with van der Waals surface area (Å²) in [6.07, 6.45) is 5.69. The predicted molar refractivity (Wildman–Crippen MR) is 132 cm³/mol. The van der Waals surface area contributed by atoms with Gasteiger partial charge in [0.1, 0.15) is 5.76 Å². The molecule has 0 aliphatic heterocycles. The lowest BCUT2D eigenvalue weighted by molar-refractivity contribution is 0.252. The SMILES string of the molecule is CC(C)c1cnc(CCNC(=O)Nc2nc3c(s2)-c2nc(-c4ccccc4Cl)ncc2CC3)o1. The summed E-state index contributed by atoms with van der Waals surface area (Å²) in [6.45, 7) is 4.50. The van der Waals surface area contributed by atoms with E-state index in [0.29, 0.717) is 34.8 Å². The second-order valence-electron chi connectivity index (χ2n) is 8.28. The standard InChI is InChI=1S/C24H23ClN6O2S/c1-13(2)18-12-27-19(33-18)9-10-26-23(32)31-24-29-17-8-7-14-11-28-22(30-20(14)21(17)34-24)15-5-3-4-6-16(15)25/h3-6,11-13H,7-10H2,1-2H3,(H2,26,29,31,32). The number of benzene rings is 1. The van der Waals surface area contributed by atoms with Gasteiger partial charge in [-0.25, -0.2) is 24.7 Å². The third-order valence-corrected chi connectivity index (χ3v) is 6.86. The van der Waals surface area contributed by atoms with Gasteiger partial charge in [0, 0.05) is 30.6 Å². The highest BCUT2D eigenvalue weighted by molar-refractivity contribution is 7.19. The van der Waals surface area contributed by atoms with Gasteiger partial charge in [0.05, 0.1) is 27.5 Å². The van der Waals surface area contributed by atoms with Gasteiger partial charge in [-0.15, -0.1) is 0 Å². The number of thiazole rings is 1. The number of amides is 2. The molecule has 2 amide bonds. The summed E-state index contributed by atoms with van der Waals surface area (Å²) in [5.74, 6) is 2.31. The normalized spacial score (nSPS) is 12.4. The van der Waals surface area contributed by atoms with Crippen molar-refractivity contribution >= 4 is 34.1 Å². The Labute approximate surface area is 205 Å². The van der Waals surface area contributed by atoms with Gasteiger partial charge in [0.25, 0.3) is 0 Å². The Balaban J connectivity index is 1.27.